The summed E-state index contributed by atoms with van der Waals surface area (Å²) in [5, 5.41) is 0. The number of carbonyl (C=O) groups excluding carboxylic acids is 2. The lowest BCUT2D eigenvalue weighted by molar-refractivity contribution is -0.141. The first-order valence-electron chi connectivity index (χ1n) is 9.67. The average molecular weight is 391 g/mol. The van der Waals surface area contributed by atoms with Crippen LogP contribution in [0.5, 0.6) is 0 Å². The van der Waals surface area contributed by atoms with Crippen LogP contribution in [0.25, 0.3) is 0 Å². The molecule has 1 aromatic carbocycles. The summed E-state index contributed by atoms with van der Waals surface area (Å²) in [5.74, 6) is 0.487. The van der Waals surface area contributed by atoms with E-state index in [1.165, 1.54) is 6.07 Å². The fraction of sp³-hybridized carbons (Fsp3) is 0.600. The van der Waals surface area contributed by atoms with Crippen LogP contribution in [0.1, 0.15) is 48.0 Å². The molecule has 0 bridgehead atoms. The molecule has 0 spiro atoms. The monoisotopic (exact) mass is 390 g/mol. The van der Waals surface area contributed by atoms with Crippen molar-refractivity contribution in [3.05, 3.63) is 29.3 Å². The average Bonchev–Trinajstić information content (AvgIpc) is 3.45. The van der Waals surface area contributed by atoms with E-state index in [9.17, 15) is 18.0 Å². The lowest BCUT2D eigenvalue weighted by Gasteiger charge is -2.47. The fourth-order valence-electron chi connectivity index (χ4n) is 4.54. The van der Waals surface area contributed by atoms with Crippen molar-refractivity contribution in [2.24, 2.45) is 5.92 Å². The highest BCUT2D eigenvalue weighted by Crippen LogP contribution is 2.39. The predicted molar refractivity (Wildman–Crippen MR) is 101 cm³/mol. The zero-order chi connectivity index (χ0) is 19.3. The van der Waals surface area contributed by atoms with Gasteiger partial charge in [0.2, 0.25) is 5.91 Å². The summed E-state index contributed by atoms with van der Waals surface area (Å²) in [5.41, 5.74) is 1.25. The van der Waals surface area contributed by atoms with Gasteiger partial charge in [0.15, 0.2) is 9.84 Å². The lowest BCUT2D eigenvalue weighted by Crippen LogP contribution is -2.57. The molecule has 0 N–H and O–H groups in total. The molecule has 2 amide bonds. The molecule has 1 saturated carbocycles. The number of piperidine rings is 2. The minimum atomic E-state index is -3.36. The van der Waals surface area contributed by atoms with Crippen LogP contribution in [-0.4, -0.2) is 61.5 Å². The summed E-state index contributed by atoms with van der Waals surface area (Å²) in [6.07, 6.45) is 5.58. The van der Waals surface area contributed by atoms with E-state index in [-0.39, 0.29) is 22.8 Å². The fourth-order valence-corrected chi connectivity index (χ4v) is 5.18. The number of aryl methyl sites for hydroxylation is 1. The maximum absolute atomic E-state index is 13.1. The van der Waals surface area contributed by atoms with Crippen LogP contribution in [0.15, 0.2) is 23.1 Å². The normalized spacial score (nSPS) is 26.1. The largest absolute Gasteiger partial charge is 0.338 e. The Morgan fingerprint density at radius 1 is 1.15 bits per heavy atom. The summed E-state index contributed by atoms with van der Waals surface area (Å²) < 4.78 is 23.7. The van der Waals surface area contributed by atoms with Gasteiger partial charge < -0.3 is 9.80 Å². The van der Waals surface area contributed by atoms with Crippen molar-refractivity contribution >= 4 is 21.7 Å². The zero-order valence-electron chi connectivity index (χ0n) is 15.8. The Labute approximate surface area is 160 Å². The Balaban J connectivity index is 1.54. The van der Waals surface area contributed by atoms with E-state index >= 15 is 0 Å². The maximum Gasteiger partial charge on any atom is 0.254 e. The second kappa shape index (κ2) is 6.62. The number of nitrogens with zero attached hydrogens (tertiary/aromatic N) is 2. The molecular weight excluding hydrogens is 364 g/mol. The van der Waals surface area contributed by atoms with Crippen molar-refractivity contribution in [3.8, 4) is 0 Å². The summed E-state index contributed by atoms with van der Waals surface area (Å²) in [6.45, 7) is 3.09. The summed E-state index contributed by atoms with van der Waals surface area (Å²) in [7, 11) is -3.36. The molecule has 27 heavy (non-hydrogen) atoms. The third kappa shape index (κ3) is 3.49. The molecule has 2 atom stereocenters. The van der Waals surface area contributed by atoms with E-state index in [2.05, 4.69) is 4.90 Å². The molecule has 146 valence electrons. The van der Waals surface area contributed by atoms with E-state index < -0.39 is 9.84 Å². The van der Waals surface area contributed by atoms with Crippen molar-refractivity contribution in [2.45, 2.75) is 56.0 Å². The Morgan fingerprint density at radius 2 is 1.89 bits per heavy atom. The third-order valence-electron chi connectivity index (χ3n) is 6.16. The second-order valence-corrected chi connectivity index (χ2v) is 10.2. The van der Waals surface area contributed by atoms with Crippen LogP contribution in [0, 0.1) is 12.8 Å². The van der Waals surface area contributed by atoms with Gasteiger partial charge in [-0.25, -0.2) is 8.42 Å². The van der Waals surface area contributed by atoms with E-state index in [1.807, 2.05) is 11.8 Å². The number of sulfone groups is 1. The minimum Gasteiger partial charge on any atom is -0.338 e. The molecule has 0 radical (unpaired) electrons. The van der Waals surface area contributed by atoms with E-state index in [1.54, 1.807) is 12.1 Å². The molecule has 2 aliphatic heterocycles. The molecule has 2 unspecified atom stereocenters. The Bertz CT molecular complexity index is 891. The molecule has 3 aliphatic rings. The second-order valence-electron chi connectivity index (χ2n) is 8.19. The van der Waals surface area contributed by atoms with Gasteiger partial charge >= 0.3 is 0 Å². The van der Waals surface area contributed by atoms with Gasteiger partial charge in [-0.2, -0.15) is 0 Å². The number of hydrogen-bond acceptors (Lipinski definition) is 4. The van der Waals surface area contributed by atoms with Crippen LogP contribution < -0.4 is 0 Å². The Kier molecular flexibility index (Phi) is 4.53. The number of fused-ring (bicyclic) bond motifs is 1. The highest BCUT2D eigenvalue weighted by Gasteiger charge is 2.45. The summed E-state index contributed by atoms with van der Waals surface area (Å²) in [6, 6.07) is 5.42. The molecule has 4 rings (SSSR count). The topological polar surface area (TPSA) is 74.8 Å². The third-order valence-corrected chi connectivity index (χ3v) is 7.27. The van der Waals surface area contributed by atoms with Crippen molar-refractivity contribution in [1.29, 1.82) is 0 Å². The highest BCUT2D eigenvalue weighted by molar-refractivity contribution is 7.90. The number of likely N-dealkylation sites (tertiary alicyclic amines) is 2. The highest BCUT2D eigenvalue weighted by atomic mass is 32.2. The lowest BCUT2D eigenvalue weighted by atomic mass is 9.83. The van der Waals surface area contributed by atoms with E-state index in [4.69, 9.17) is 0 Å². The molecule has 0 aromatic heterocycles. The van der Waals surface area contributed by atoms with Gasteiger partial charge in [-0.1, -0.05) is 6.07 Å². The van der Waals surface area contributed by atoms with Gasteiger partial charge in [0.25, 0.3) is 5.91 Å². The van der Waals surface area contributed by atoms with Crippen LogP contribution in [0.2, 0.25) is 0 Å². The molecular formula is C20H26N2O4S. The van der Waals surface area contributed by atoms with Gasteiger partial charge in [0, 0.05) is 43.4 Å². The summed E-state index contributed by atoms with van der Waals surface area (Å²) >= 11 is 0. The van der Waals surface area contributed by atoms with Gasteiger partial charge in [-0.3, -0.25) is 9.59 Å². The van der Waals surface area contributed by atoms with Gasteiger partial charge in [0.05, 0.1) is 4.90 Å². The molecule has 2 heterocycles. The van der Waals surface area contributed by atoms with Crippen molar-refractivity contribution in [2.75, 3.05) is 19.3 Å². The van der Waals surface area contributed by atoms with Crippen LogP contribution in [0.3, 0.4) is 0 Å². The number of rotatable bonds is 3. The summed E-state index contributed by atoms with van der Waals surface area (Å²) in [4.78, 5) is 29.6. The molecule has 1 aliphatic carbocycles. The van der Waals surface area contributed by atoms with Gasteiger partial charge in [-0.05, 0) is 56.2 Å². The quantitative estimate of drug-likeness (QED) is 0.791. The SMILES string of the molecule is Cc1ccc(S(C)(=O)=O)cc1C(=O)N1CCC2C(CCC(=O)N2C2CC2)C1. The molecule has 3 fully saturated rings. The number of benzene rings is 1. The van der Waals surface area contributed by atoms with Gasteiger partial charge in [-0.15, -0.1) is 0 Å². The number of amides is 2. The Hall–Kier alpha value is -1.89. The minimum absolute atomic E-state index is 0.105. The first kappa shape index (κ1) is 18.5. The molecule has 7 heteroatoms. The van der Waals surface area contributed by atoms with Crippen molar-refractivity contribution in [3.63, 3.8) is 0 Å². The van der Waals surface area contributed by atoms with E-state index in [0.717, 1.165) is 37.5 Å². The van der Waals surface area contributed by atoms with Crippen molar-refractivity contribution < 1.29 is 18.0 Å². The first-order chi connectivity index (χ1) is 12.8. The first-order valence-corrected chi connectivity index (χ1v) is 11.6. The predicted octanol–water partition coefficient (Wildman–Crippen LogP) is 2.01. The Morgan fingerprint density at radius 3 is 2.56 bits per heavy atom. The number of hydrogen-bond donors (Lipinski definition) is 0. The van der Waals surface area contributed by atoms with Crippen LogP contribution in [0.4, 0.5) is 0 Å². The smallest absolute Gasteiger partial charge is 0.254 e. The molecule has 1 aromatic rings. The standard InChI is InChI=1S/C20H26N2O4S/c1-13-3-7-16(27(2,25)26)11-17(13)20(24)21-10-9-18-14(12-21)4-8-19(23)22(18)15-5-6-15/h3,7,11,14-15,18H,4-6,8-10,12H2,1-2H3. The molecule has 6 nitrogen and oxygen atoms in total. The molecule has 2 saturated heterocycles. The van der Waals surface area contributed by atoms with Gasteiger partial charge in [0.1, 0.15) is 0 Å². The van der Waals surface area contributed by atoms with E-state index in [0.29, 0.717) is 37.0 Å². The maximum atomic E-state index is 13.1. The zero-order valence-corrected chi connectivity index (χ0v) is 16.7. The van der Waals surface area contributed by atoms with Crippen molar-refractivity contribution in [1.82, 2.24) is 9.80 Å². The van der Waals surface area contributed by atoms with Crippen LogP contribution in [-0.2, 0) is 14.6 Å². The van der Waals surface area contributed by atoms with Crippen LogP contribution >= 0.6 is 0 Å². The number of carbonyl (C=O) groups is 2.